The van der Waals surface area contributed by atoms with E-state index in [0.717, 1.165) is 26.6 Å². The topological polar surface area (TPSA) is 80.1 Å². The molecule has 34 heavy (non-hydrogen) atoms. The summed E-state index contributed by atoms with van der Waals surface area (Å²) in [5.41, 5.74) is 1.69. The monoisotopic (exact) mass is 482 g/mol. The molecule has 0 unspecified atom stereocenters. The molecule has 1 aromatic heterocycles. The molecule has 3 rings (SSSR count). The van der Waals surface area contributed by atoms with E-state index in [0.29, 0.717) is 12.3 Å². The number of benzene rings is 2. The average molecular weight is 483 g/mol. The number of aryl methyl sites for hydroxylation is 1. The molecule has 3 aromatic rings. The largest absolute Gasteiger partial charge is 0.464 e. The van der Waals surface area contributed by atoms with Crippen LogP contribution in [0.25, 0.3) is 6.08 Å². The maximum absolute atomic E-state index is 13.4. The molecule has 1 amide bonds. The SMILES string of the molecule is COCCN(CC(=O)N(Cc1ccccc1)Cc1ccc(C)o1)S(=O)(=O)/C=C/c1ccccc1. The molecule has 0 aliphatic carbocycles. The summed E-state index contributed by atoms with van der Waals surface area (Å²) in [6.45, 7) is 2.32. The molecule has 0 aliphatic rings. The van der Waals surface area contributed by atoms with Gasteiger partial charge in [0.2, 0.25) is 15.9 Å². The third-order valence-electron chi connectivity index (χ3n) is 5.16. The molecule has 0 spiro atoms. The first-order valence-electron chi connectivity index (χ1n) is 11.0. The number of ether oxygens (including phenoxy) is 1. The van der Waals surface area contributed by atoms with Crippen LogP contribution in [0, 0.1) is 6.92 Å². The van der Waals surface area contributed by atoms with Crippen molar-refractivity contribution in [2.24, 2.45) is 0 Å². The van der Waals surface area contributed by atoms with E-state index in [9.17, 15) is 13.2 Å². The van der Waals surface area contributed by atoms with Crippen LogP contribution < -0.4 is 0 Å². The Morgan fingerprint density at radius 2 is 1.65 bits per heavy atom. The zero-order chi connectivity index (χ0) is 24.4. The highest BCUT2D eigenvalue weighted by Gasteiger charge is 2.26. The van der Waals surface area contributed by atoms with Gasteiger partial charge >= 0.3 is 0 Å². The van der Waals surface area contributed by atoms with Gasteiger partial charge in [0.05, 0.1) is 19.7 Å². The highest BCUT2D eigenvalue weighted by Crippen LogP contribution is 2.15. The number of methoxy groups -OCH3 is 1. The second kappa shape index (κ2) is 12.3. The smallest absolute Gasteiger partial charge is 0.238 e. The fraction of sp³-hybridized carbons (Fsp3) is 0.269. The van der Waals surface area contributed by atoms with Crippen molar-refractivity contribution in [2.75, 3.05) is 26.8 Å². The fourth-order valence-corrected chi connectivity index (χ4v) is 4.47. The molecule has 0 saturated heterocycles. The number of nitrogens with zero attached hydrogens (tertiary/aromatic N) is 2. The molecule has 8 heteroatoms. The lowest BCUT2D eigenvalue weighted by Gasteiger charge is -2.26. The number of sulfonamides is 1. The summed E-state index contributed by atoms with van der Waals surface area (Å²) < 4.78 is 38.1. The van der Waals surface area contributed by atoms with Gasteiger partial charge in [0.1, 0.15) is 11.5 Å². The van der Waals surface area contributed by atoms with Crippen molar-refractivity contribution in [2.45, 2.75) is 20.0 Å². The average Bonchev–Trinajstić information content (AvgIpc) is 3.25. The van der Waals surface area contributed by atoms with Crippen molar-refractivity contribution in [3.8, 4) is 0 Å². The number of hydrogen-bond donors (Lipinski definition) is 0. The van der Waals surface area contributed by atoms with Crippen LogP contribution in [0.1, 0.15) is 22.6 Å². The lowest BCUT2D eigenvalue weighted by Crippen LogP contribution is -2.43. The molecule has 0 N–H and O–H groups in total. The Bertz CT molecular complexity index is 1170. The molecule has 180 valence electrons. The first-order valence-corrected chi connectivity index (χ1v) is 12.5. The summed E-state index contributed by atoms with van der Waals surface area (Å²) in [4.78, 5) is 15.0. The quantitative estimate of drug-likeness (QED) is 0.389. The predicted octanol–water partition coefficient (Wildman–Crippen LogP) is 4.07. The summed E-state index contributed by atoms with van der Waals surface area (Å²) in [6, 6.07) is 22.4. The Labute approximate surface area is 201 Å². The Hall–Kier alpha value is -3.20. The van der Waals surface area contributed by atoms with Crippen molar-refractivity contribution in [3.63, 3.8) is 0 Å². The van der Waals surface area contributed by atoms with Crippen LogP contribution in [0.5, 0.6) is 0 Å². The minimum absolute atomic E-state index is 0.0583. The van der Waals surface area contributed by atoms with Crippen LogP contribution in [0.15, 0.2) is 82.6 Å². The third kappa shape index (κ3) is 7.69. The molecule has 0 atom stereocenters. The van der Waals surface area contributed by atoms with Gasteiger partial charge in [-0.05, 0) is 36.3 Å². The number of carbonyl (C=O) groups excluding carboxylic acids is 1. The maximum Gasteiger partial charge on any atom is 0.238 e. The highest BCUT2D eigenvalue weighted by atomic mass is 32.2. The van der Waals surface area contributed by atoms with Gasteiger partial charge in [0.15, 0.2) is 0 Å². The molecule has 0 aliphatic heterocycles. The molecule has 0 saturated carbocycles. The molecular weight excluding hydrogens is 452 g/mol. The molecule has 2 aromatic carbocycles. The minimum Gasteiger partial charge on any atom is -0.464 e. The van der Waals surface area contributed by atoms with E-state index in [1.165, 1.54) is 13.2 Å². The van der Waals surface area contributed by atoms with Crippen molar-refractivity contribution in [3.05, 3.63) is 101 Å². The van der Waals surface area contributed by atoms with Crippen molar-refractivity contribution >= 4 is 22.0 Å². The van der Waals surface area contributed by atoms with E-state index < -0.39 is 10.0 Å². The van der Waals surface area contributed by atoms with Crippen molar-refractivity contribution < 1.29 is 22.4 Å². The van der Waals surface area contributed by atoms with Gasteiger partial charge in [-0.1, -0.05) is 60.7 Å². The minimum atomic E-state index is -3.86. The number of rotatable bonds is 12. The van der Waals surface area contributed by atoms with E-state index in [-0.39, 0.29) is 32.1 Å². The van der Waals surface area contributed by atoms with Gasteiger partial charge < -0.3 is 14.1 Å². The van der Waals surface area contributed by atoms with Gasteiger partial charge in [-0.2, -0.15) is 4.31 Å². The molecule has 1 heterocycles. The first kappa shape index (κ1) is 25.4. The van der Waals surface area contributed by atoms with E-state index in [1.54, 1.807) is 4.90 Å². The lowest BCUT2D eigenvalue weighted by molar-refractivity contribution is -0.133. The maximum atomic E-state index is 13.4. The van der Waals surface area contributed by atoms with Crippen LogP contribution in [0.4, 0.5) is 0 Å². The number of hydrogen-bond acceptors (Lipinski definition) is 5. The van der Waals surface area contributed by atoms with Gasteiger partial charge in [-0.25, -0.2) is 8.42 Å². The second-order valence-electron chi connectivity index (χ2n) is 7.83. The Kier molecular flexibility index (Phi) is 9.21. The molecule has 0 radical (unpaired) electrons. The van der Waals surface area contributed by atoms with Crippen molar-refractivity contribution in [1.82, 2.24) is 9.21 Å². The van der Waals surface area contributed by atoms with E-state index in [1.807, 2.05) is 79.7 Å². The lowest BCUT2D eigenvalue weighted by atomic mass is 10.2. The zero-order valence-corrected chi connectivity index (χ0v) is 20.3. The summed E-state index contributed by atoms with van der Waals surface area (Å²) in [7, 11) is -2.37. The van der Waals surface area contributed by atoms with Crippen LogP contribution in [-0.4, -0.2) is 50.3 Å². The molecule has 0 fully saturated rings. The molecule has 7 nitrogen and oxygen atoms in total. The molecule has 0 bridgehead atoms. The first-order chi connectivity index (χ1) is 16.4. The summed E-state index contributed by atoms with van der Waals surface area (Å²) >= 11 is 0. The molecular formula is C26H30N2O5S. The number of furan rings is 1. The summed E-state index contributed by atoms with van der Waals surface area (Å²) in [5.74, 6) is 1.06. The van der Waals surface area contributed by atoms with Crippen LogP contribution in [0.2, 0.25) is 0 Å². The normalized spacial score (nSPS) is 11.9. The third-order valence-corrected chi connectivity index (χ3v) is 6.67. The highest BCUT2D eigenvalue weighted by molar-refractivity contribution is 7.92. The number of amides is 1. The van der Waals surface area contributed by atoms with Crippen molar-refractivity contribution in [1.29, 1.82) is 0 Å². The second-order valence-corrected chi connectivity index (χ2v) is 9.65. The van der Waals surface area contributed by atoms with Crippen LogP contribution in [0.3, 0.4) is 0 Å². The van der Waals surface area contributed by atoms with E-state index in [4.69, 9.17) is 9.15 Å². The van der Waals surface area contributed by atoms with Crippen LogP contribution in [-0.2, 0) is 32.6 Å². The zero-order valence-electron chi connectivity index (χ0n) is 19.5. The predicted molar refractivity (Wildman–Crippen MR) is 132 cm³/mol. The Balaban J connectivity index is 1.80. The van der Waals surface area contributed by atoms with E-state index in [2.05, 4.69) is 0 Å². The fourth-order valence-electron chi connectivity index (χ4n) is 3.35. The Morgan fingerprint density at radius 1 is 0.971 bits per heavy atom. The summed E-state index contributed by atoms with van der Waals surface area (Å²) in [5, 5.41) is 1.13. The van der Waals surface area contributed by atoms with E-state index >= 15 is 0 Å². The van der Waals surface area contributed by atoms with Crippen LogP contribution >= 0.6 is 0 Å². The van der Waals surface area contributed by atoms with Gasteiger partial charge in [-0.3, -0.25) is 4.79 Å². The standard InChI is InChI=1S/C26H30N2O5S/c1-22-13-14-25(33-22)20-27(19-24-11-7-4-8-12-24)26(29)21-28(16-17-32-2)34(30,31)18-15-23-9-5-3-6-10-23/h3-15,18H,16-17,19-21H2,1-2H3/b18-15+. The Morgan fingerprint density at radius 3 is 2.26 bits per heavy atom. The summed E-state index contributed by atoms with van der Waals surface area (Å²) in [6.07, 6.45) is 1.52. The van der Waals surface area contributed by atoms with Gasteiger partial charge in [0.25, 0.3) is 0 Å². The number of carbonyl (C=O) groups is 1. The van der Waals surface area contributed by atoms with Gasteiger partial charge in [-0.15, -0.1) is 0 Å². The van der Waals surface area contributed by atoms with Gasteiger partial charge in [0, 0.05) is 25.6 Å².